The van der Waals surface area contributed by atoms with Gasteiger partial charge in [-0.3, -0.25) is 5.84 Å². The van der Waals surface area contributed by atoms with Gasteiger partial charge in [0.2, 0.25) is 0 Å². The molecule has 1 aromatic heterocycles. The van der Waals surface area contributed by atoms with Gasteiger partial charge in [0.05, 0.1) is 7.11 Å². The summed E-state index contributed by atoms with van der Waals surface area (Å²) in [6, 6.07) is 6.07. The van der Waals surface area contributed by atoms with Crippen molar-refractivity contribution in [1.82, 2.24) is 9.99 Å². The zero-order valence-electron chi connectivity index (χ0n) is 10.4. The highest BCUT2D eigenvalue weighted by Gasteiger charge is 2.06. The lowest BCUT2D eigenvalue weighted by Gasteiger charge is -2.12. The summed E-state index contributed by atoms with van der Waals surface area (Å²) in [6.07, 6.45) is 2.99. The van der Waals surface area contributed by atoms with Crippen molar-refractivity contribution >= 4 is 10.9 Å². The van der Waals surface area contributed by atoms with Crippen molar-refractivity contribution in [3.8, 4) is 5.75 Å². The summed E-state index contributed by atoms with van der Waals surface area (Å²) in [5.74, 6) is 6.68. The molecule has 1 heterocycles. The summed E-state index contributed by atoms with van der Waals surface area (Å²) in [7, 11) is 1.69. The molecule has 0 aliphatic rings. The number of H-pyrrole nitrogens is 1. The molecule has 3 N–H and O–H groups in total. The van der Waals surface area contributed by atoms with E-state index in [1.807, 2.05) is 23.3 Å². The van der Waals surface area contributed by atoms with Gasteiger partial charge in [0.1, 0.15) is 5.75 Å². The lowest BCUT2D eigenvalue weighted by atomic mass is 10.1. The van der Waals surface area contributed by atoms with Crippen LogP contribution < -0.4 is 10.6 Å². The standard InChI is InChI=1S/C13H19N3O/c1-3-16(14)7-6-10-9-15-13-5-4-11(17-2)8-12(10)13/h4-5,8-9,15H,3,6-7,14H2,1-2H3. The van der Waals surface area contributed by atoms with E-state index in [1.165, 1.54) is 10.9 Å². The molecule has 4 nitrogen and oxygen atoms in total. The van der Waals surface area contributed by atoms with Crippen molar-refractivity contribution in [1.29, 1.82) is 0 Å². The molecule has 0 aliphatic carbocycles. The van der Waals surface area contributed by atoms with Crippen LogP contribution in [-0.2, 0) is 6.42 Å². The van der Waals surface area contributed by atoms with Crippen molar-refractivity contribution in [3.05, 3.63) is 30.0 Å². The number of rotatable bonds is 5. The topological polar surface area (TPSA) is 54.3 Å². The van der Waals surface area contributed by atoms with Crippen molar-refractivity contribution in [2.45, 2.75) is 13.3 Å². The number of hydrogen-bond donors (Lipinski definition) is 2. The van der Waals surface area contributed by atoms with Gasteiger partial charge in [0.25, 0.3) is 0 Å². The summed E-state index contributed by atoms with van der Waals surface area (Å²) in [6.45, 7) is 3.78. The van der Waals surface area contributed by atoms with E-state index in [2.05, 4.69) is 18.0 Å². The molecule has 0 bridgehead atoms. The number of benzene rings is 1. The lowest BCUT2D eigenvalue weighted by Crippen LogP contribution is -2.32. The molecule has 2 rings (SSSR count). The molecule has 17 heavy (non-hydrogen) atoms. The Morgan fingerprint density at radius 2 is 2.24 bits per heavy atom. The smallest absolute Gasteiger partial charge is 0.119 e. The lowest BCUT2D eigenvalue weighted by molar-refractivity contribution is 0.303. The molecule has 0 saturated carbocycles. The van der Waals surface area contributed by atoms with E-state index in [-0.39, 0.29) is 0 Å². The van der Waals surface area contributed by atoms with Gasteiger partial charge in [0.15, 0.2) is 0 Å². The number of aromatic nitrogens is 1. The average molecular weight is 233 g/mol. The van der Waals surface area contributed by atoms with Crippen molar-refractivity contribution in [2.75, 3.05) is 20.2 Å². The van der Waals surface area contributed by atoms with Gasteiger partial charge in [-0.2, -0.15) is 0 Å². The van der Waals surface area contributed by atoms with E-state index in [0.29, 0.717) is 0 Å². The van der Waals surface area contributed by atoms with Crippen LogP contribution in [0.25, 0.3) is 10.9 Å². The molecule has 0 fully saturated rings. The van der Waals surface area contributed by atoms with E-state index in [1.54, 1.807) is 7.11 Å². The van der Waals surface area contributed by atoms with E-state index < -0.39 is 0 Å². The van der Waals surface area contributed by atoms with Crippen LogP contribution in [0, 0.1) is 0 Å². The monoisotopic (exact) mass is 233 g/mol. The summed E-state index contributed by atoms with van der Waals surface area (Å²) >= 11 is 0. The Kier molecular flexibility index (Phi) is 3.66. The Hall–Kier alpha value is -1.52. The molecule has 0 unspecified atom stereocenters. The number of nitrogens with zero attached hydrogens (tertiary/aromatic N) is 1. The van der Waals surface area contributed by atoms with Gasteiger partial charge < -0.3 is 9.72 Å². The van der Waals surface area contributed by atoms with E-state index in [0.717, 1.165) is 30.8 Å². The minimum absolute atomic E-state index is 0.862. The van der Waals surface area contributed by atoms with Crippen LogP contribution in [0.4, 0.5) is 0 Å². The minimum Gasteiger partial charge on any atom is -0.497 e. The highest BCUT2D eigenvalue weighted by molar-refractivity contribution is 5.84. The second-order valence-electron chi connectivity index (χ2n) is 4.10. The van der Waals surface area contributed by atoms with Crippen LogP contribution in [-0.4, -0.2) is 30.2 Å². The normalized spacial score (nSPS) is 11.3. The molecule has 0 amide bonds. The van der Waals surface area contributed by atoms with Crippen LogP contribution in [0.1, 0.15) is 12.5 Å². The number of likely N-dealkylation sites (N-methyl/N-ethyl adjacent to an activating group) is 1. The highest BCUT2D eigenvalue weighted by Crippen LogP contribution is 2.23. The van der Waals surface area contributed by atoms with Crippen LogP contribution >= 0.6 is 0 Å². The maximum Gasteiger partial charge on any atom is 0.119 e. The van der Waals surface area contributed by atoms with Gasteiger partial charge in [-0.15, -0.1) is 0 Å². The molecule has 0 saturated heterocycles. The number of nitrogens with one attached hydrogen (secondary N) is 1. The van der Waals surface area contributed by atoms with Crippen LogP contribution in [0.2, 0.25) is 0 Å². The summed E-state index contributed by atoms with van der Waals surface area (Å²) in [5.41, 5.74) is 2.42. The predicted octanol–water partition coefficient (Wildman–Crippen LogP) is 1.91. The van der Waals surface area contributed by atoms with Crippen molar-refractivity contribution < 1.29 is 4.74 Å². The Labute approximate surface area is 101 Å². The molecule has 4 heteroatoms. The Morgan fingerprint density at radius 1 is 1.41 bits per heavy atom. The molecular formula is C13H19N3O. The largest absolute Gasteiger partial charge is 0.497 e. The first kappa shape index (κ1) is 12.0. The fourth-order valence-electron chi connectivity index (χ4n) is 1.91. The Balaban J connectivity index is 2.22. The molecule has 0 aliphatic heterocycles. The Morgan fingerprint density at radius 3 is 2.94 bits per heavy atom. The predicted molar refractivity (Wildman–Crippen MR) is 70.0 cm³/mol. The SMILES string of the molecule is CCN(N)CCc1c[nH]c2ccc(OC)cc12. The molecule has 0 atom stereocenters. The second-order valence-corrected chi connectivity index (χ2v) is 4.10. The number of aromatic amines is 1. The fourth-order valence-corrected chi connectivity index (χ4v) is 1.91. The third-order valence-corrected chi connectivity index (χ3v) is 3.05. The first-order valence-electron chi connectivity index (χ1n) is 5.88. The number of nitrogens with two attached hydrogens (primary N) is 1. The van der Waals surface area contributed by atoms with Crippen LogP contribution in [0.3, 0.4) is 0 Å². The van der Waals surface area contributed by atoms with Crippen molar-refractivity contribution in [2.24, 2.45) is 5.84 Å². The second kappa shape index (κ2) is 5.21. The summed E-state index contributed by atoms with van der Waals surface area (Å²) < 4.78 is 5.24. The van der Waals surface area contributed by atoms with Crippen LogP contribution in [0.15, 0.2) is 24.4 Å². The maximum atomic E-state index is 5.79. The van der Waals surface area contributed by atoms with Gasteiger partial charge in [-0.1, -0.05) is 6.92 Å². The quantitative estimate of drug-likeness (QED) is 0.612. The summed E-state index contributed by atoms with van der Waals surface area (Å²) in [5, 5.41) is 3.03. The molecule has 1 aromatic carbocycles. The van der Waals surface area contributed by atoms with Crippen molar-refractivity contribution in [3.63, 3.8) is 0 Å². The van der Waals surface area contributed by atoms with E-state index >= 15 is 0 Å². The number of hydrogen-bond acceptors (Lipinski definition) is 3. The van der Waals surface area contributed by atoms with Gasteiger partial charge in [-0.25, -0.2) is 5.01 Å². The summed E-state index contributed by atoms with van der Waals surface area (Å²) in [4.78, 5) is 3.27. The third kappa shape index (κ3) is 2.60. The third-order valence-electron chi connectivity index (χ3n) is 3.05. The molecule has 0 radical (unpaired) electrons. The zero-order chi connectivity index (χ0) is 12.3. The molecule has 0 spiro atoms. The highest BCUT2D eigenvalue weighted by atomic mass is 16.5. The van der Waals surface area contributed by atoms with Gasteiger partial charge in [-0.05, 0) is 30.2 Å². The van der Waals surface area contributed by atoms with E-state index in [9.17, 15) is 0 Å². The maximum absolute atomic E-state index is 5.79. The fraction of sp³-hybridized carbons (Fsp3) is 0.385. The number of fused-ring (bicyclic) bond motifs is 1. The zero-order valence-corrected chi connectivity index (χ0v) is 10.4. The average Bonchev–Trinajstić information content (AvgIpc) is 2.78. The first-order valence-corrected chi connectivity index (χ1v) is 5.88. The number of hydrazine groups is 1. The molecular weight excluding hydrogens is 214 g/mol. The van der Waals surface area contributed by atoms with E-state index in [4.69, 9.17) is 10.6 Å². The van der Waals surface area contributed by atoms with Gasteiger partial charge in [0, 0.05) is 30.2 Å². The molecule has 92 valence electrons. The first-order chi connectivity index (χ1) is 8.24. The minimum atomic E-state index is 0.862. The van der Waals surface area contributed by atoms with Gasteiger partial charge >= 0.3 is 0 Å². The van der Waals surface area contributed by atoms with Crippen LogP contribution in [0.5, 0.6) is 5.75 Å². The Bertz CT molecular complexity index is 492. The number of ether oxygens (including phenoxy) is 1. The number of methoxy groups -OCH3 is 1. The molecule has 2 aromatic rings.